The summed E-state index contributed by atoms with van der Waals surface area (Å²) in [6.07, 6.45) is -3.25. The second kappa shape index (κ2) is 2.58. The zero-order valence-electron chi connectivity index (χ0n) is 4.85. The fraction of sp³-hybridized carbons (Fsp3) is 1.00. The van der Waals surface area contributed by atoms with Crippen molar-refractivity contribution >= 4 is 0 Å². The number of hydrogen-bond donors (Lipinski definition) is 2. The van der Waals surface area contributed by atoms with Crippen LogP contribution in [0.2, 0.25) is 0 Å². The zero-order valence-corrected chi connectivity index (χ0v) is 4.85. The molecule has 9 heavy (non-hydrogen) atoms. The minimum atomic E-state index is -2.39. The van der Waals surface area contributed by atoms with Gasteiger partial charge in [-0.2, -0.15) is 0 Å². The van der Waals surface area contributed by atoms with Crippen molar-refractivity contribution in [2.75, 3.05) is 13.1 Å². The molecule has 54 valence electrons. The van der Waals surface area contributed by atoms with Crippen molar-refractivity contribution < 1.29 is 13.9 Å². The maximum absolute atomic E-state index is 11.8. The first-order valence-electron chi connectivity index (χ1n) is 2.88. The third kappa shape index (κ3) is 1.37. The highest BCUT2D eigenvalue weighted by atomic mass is 19.3. The molecule has 1 aliphatic heterocycles. The number of aliphatic hydroxyl groups is 1. The predicted octanol–water partition coefficient (Wildman–Crippen LogP) is -0.168. The van der Waals surface area contributed by atoms with E-state index in [1.54, 1.807) is 0 Å². The molecule has 0 radical (unpaired) electrons. The number of halogens is 2. The minimum Gasteiger partial charge on any atom is -0.391 e. The molecule has 4 heteroatoms. The lowest BCUT2D eigenvalue weighted by atomic mass is 10.1. The number of alkyl halides is 2. The summed E-state index contributed by atoms with van der Waals surface area (Å²) in [7, 11) is 0. The molecule has 0 aromatic rings. The van der Waals surface area contributed by atoms with Gasteiger partial charge in [0, 0.05) is 13.1 Å². The molecule has 1 aliphatic rings. The molecule has 2 atom stereocenters. The van der Waals surface area contributed by atoms with E-state index in [1.165, 1.54) is 0 Å². The van der Waals surface area contributed by atoms with E-state index in [1.807, 2.05) is 0 Å². The van der Waals surface area contributed by atoms with Crippen molar-refractivity contribution in [1.82, 2.24) is 5.32 Å². The van der Waals surface area contributed by atoms with E-state index in [0.29, 0.717) is 6.54 Å². The molecular formula is C5H9F2NO. The largest absolute Gasteiger partial charge is 0.391 e. The van der Waals surface area contributed by atoms with Crippen LogP contribution in [0, 0.1) is 5.92 Å². The molecule has 0 aliphatic carbocycles. The van der Waals surface area contributed by atoms with E-state index in [-0.39, 0.29) is 6.54 Å². The molecule has 1 heterocycles. The first-order chi connectivity index (χ1) is 4.22. The third-order valence-corrected chi connectivity index (χ3v) is 1.55. The maximum Gasteiger partial charge on any atom is 0.245 e. The molecule has 0 bridgehead atoms. The number of rotatable bonds is 1. The summed E-state index contributed by atoms with van der Waals surface area (Å²) in [5.41, 5.74) is 0. The fourth-order valence-corrected chi connectivity index (χ4v) is 0.942. The second-order valence-corrected chi connectivity index (χ2v) is 2.22. The topological polar surface area (TPSA) is 32.3 Å². The van der Waals surface area contributed by atoms with Crippen LogP contribution in [0.3, 0.4) is 0 Å². The van der Waals surface area contributed by atoms with Crippen LogP contribution in [0.4, 0.5) is 8.78 Å². The van der Waals surface area contributed by atoms with E-state index in [2.05, 4.69) is 5.32 Å². The van der Waals surface area contributed by atoms with Crippen molar-refractivity contribution in [3.63, 3.8) is 0 Å². The number of β-amino-alcohol motifs (C(OH)–C–C–N with tert-alkyl or cyclic N) is 1. The summed E-state index contributed by atoms with van der Waals surface area (Å²) >= 11 is 0. The zero-order chi connectivity index (χ0) is 6.85. The van der Waals surface area contributed by atoms with Crippen molar-refractivity contribution in [2.24, 2.45) is 5.92 Å². The highest BCUT2D eigenvalue weighted by Crippen LogP contribution is 2.16. The fourth-order valence-electron chi connectivity index (χ4n) is 0.942. The smallest absolute Gasteiger partial charge is 0.245 e. The van der Waals surface area contributed by atoms with Gasteiger partial charge >= 0.3 is 0 Å². The first-order valence-corrected chi connectivity index (χ1v) is 2.88. The molecule has 0 aromatic heterocycles. The SMILES string of the molecule is OC1CNCC1C(F)F. The number of nitrogens with one attached hydrogen (secondary N) is 1. The quantitative estimate of drug-likeness (QED) is 0.526. The van der Waals surface area contributed by atoms with Gasteiger partial charge in [0.2, 0.25) is 6.43 Å². The standard InChI is InChI=1S/C5H9F2NO/c6-5(7)3-1-8-2-4(3)9/h3-5,8-9H,1-2H2. The highest BCUT2D eigenvalue weighted by molar-refractivity contribution is 4.81. The normalized spacial score (nSPS) is 36.0. The van der Waals surface area contributed by atoms with Gasteiger partial charge in [0.1, 0.15) is 0 Å². The van der Waals surface area contributed by atoms with Crippen LogP contribution in [-0.2, 0) is 0 Å². The summed E-state index contributed by atoms with van der Waals surface area (Å²) in [6, 6.07) is 0. The Morgan fingerprint density at radius 1 is 1.44 bits per heavy atom. The van der Waals surface area contributed by atoms with Crippen molar-refractivity contribution in [3.05, 3.63) is 0 Å². The Kier molecular flexibility index (Phi) is 1.97. The monoisotopic (exact) mass is 137 g/mol. The van der Waals surface area contributed by atoms with Gasteiger partial charge in [-0.3, -0.25) is 0 Å². The van der Waals surface area contributed by atoms with Gasteiger partial charge < -0.3 is 10.4 Å². The molecule has 1 fully saturated rings. The molecule has 2 unspecified atom stereocenters. The molecular weight excluding hydrogens is 128 g/mol. The predicted molar refractivity (Wildman–Crippen MR) is 28.4 cm³/mol. The molecule has 1 rings (SSSR count). The molecule has 0 aromatic carbocycles. The van der Waals surface area contributed by atoms with Crippen LogP contribution < -0.4 is 5.32 Å². The lowest BCUT2D eigenvalue weighted by Crippen LogP contribution is -2.24. The molecule has 0 saturated carbocycles. The van der Waals surface area contributed by atoms with Crippen LogP contribution >= 0.6 is 0 Å². The Labute approximate surface area is 51.9 Å². The van der Waals surface area contributed by atoms with Crippen molar-refractivity contribution in [2.45, 2.75) is 12.5 Å². The Balaban J connectivity index is 2.40. The summed E-state index contributed by atoms with van der Waals surface area (Å²) in [4.78, 5) is 0. The van der Waals surface area contributed by atoms with E-state index in [9.17, 15) is 8.78 Å². The molecule has 1 saturated heterocycles. The van der Waals surface area contributed by atoms with Crippen molar-refractivity contribution in [1.29, 1.82) is 0 Å². The van der Waals surface area contributed by atoms with Gasteiger partial charge in [-0.05, 0) is 0 Å². The van der Waals surface area contributed by atoms with Gasteiger partial charge in [0.05, 0.1) is 12.0 Å². The van der Waals surface area contributed by atoms with Gasteiger partial charge in [0.15, 0.2) is 0 Å². The van der Waals surface area contributed by atoms with Crippen LogP contribution in [0.15, 0.2) is 0 Å². The Morgan fingerprint density at radius 2 is 2.11 bits per heavy atom. The van der Waals surface area contributed by atoms with Crippen LogP contribution in [-0.4, -0.2) is 30.7 Å². The minimum absolute atomic E-state index is 0.235. The van der Waals surface area contributed by atoms with Crippen LogP contribution in [0.1, 0.15) is 0 Å². The average molecular weight is 137 g/mol. The molecule has 0 spiro atoms. The van der Waals surface area contributed by atoms with Gasteiger partial charge in [-0.25, -0.2) is 8.78 Å². The first kappa shape index (κ1) is 6.89. The van der Waals surface area contributed by atoms with E-state index < -0.39 is 18.4 Å². The molecule has 0 amide bonds. The summed E-state index contributed by atoms with van der Waals surface area (Å²) in [6.45, 7) is 0.536. The lowest BCUT2D eigenvalue weighted by Gasteiger charge is -2.10. The second-order valence-electron chi connectivity index (χ2n) is 2.22. The lowest BCUT2D eigenvalue weighted by molar-refractivity contribution is 0.0203. The number of aliphatic hydroxyl groups excluding tert-OH is 1. The van der Waals surface area contributed by atoms with Crippen LogP contribution in [0.5, 0.6) is 0 Å². The molecule has 2 nitrogen and oxygen atoms in total. The average Bonchev–Trinajstić information content (AvgIpc) is 2.13. The van der Waals surface area contributed by atoms with Crippen molar-refractivity contribution in [3.8, 4) is 0 Å². The van der Waals surface area contributed by atoms with Gasteiger partial charge in [-0.1, -0.05) is 0 Å². The van der Waals surface area contributed by atoms with Gasteiger partial charge in [0.25, 0.3) is 0 Å². The van der Waals surface area contributed by atoms with E-state index in [4.69, 9.17) is 5.11 Å². The van der Waals surface area contributed by atoms with E-state index >= 15 is 0 Å². The third-order valence-electron chi connectivity index (χ3n) is 1.55. The van der Waals surface area contributed by atoms with Crippen LogP contribution in [0.25, 0.3) is 0 Å². The highest BCUT2D eigenvalue weighted by Gasteiger charge is 2.32. The summed E-state index contributed by atoms with van der Waals surface area (Å²) < 4.78 is 23.6. The Hall–Kier alpha value is -0.220. The summed E-state index contributed by atoms with van der Waals surface area (Å²) in [5.74, 6) is -0.856. The Morgan fingerprint density at radius 3 is 2.33 bits per heavy atom. The Bertz CT molecular complexity index is 99.0. The number of hydrogen-bond acceptors (Lipinski definition) is 2. The van der Waals surface area contributed by atoms with Gasteiger partial charge in [-0.15, -0.1) is 0 Å². The maximum atomic E-state index is 11.8. The van der Waals surface area contributed by atoms with E-state index in [0.717, 1.165) is 0 Å². The molecule has 2 N–H and O–H groups in total. The summed E-state index contributed by atoms with van der Waals surface area (Å²) in [5, 5.41) is 11.5.